The molecule has 4 heteroatoms. The Morgan fingerprint density at radius 3 is 2.62 bits per heavy atom. The molecule has 0 fully saturated rings. The van der Waals surface area contributed by atoms with Crippen LogP contribution in [0, 0.1) is 0 Å². The minimum Gasteiger partial charge on any atom is -0.395 e. The summed E-state index contributed by atoms with van der Waals surface area (Å²) in [6, 6.07) is 5.67. The molecule has 88 valence electrons. The van der Waals surface area contributed by atoms with Gasteiger partial charge in [-0.05, 0) is 33.6 Å². The number of hydrogen-bond acceptors (Lipinski definition) is 3. The number of aliphatic hydroxyl groups is 2. The first-order valence-corrected chi connectivity index (χ1v) is 5.88. The van der Waals surface area contributed by atoms with E-state index in [2.05, 4.69) is 22.5 Å². The van der Waals surface area contributed by atoms with Crippen LogP contribution < -0.4 is 4.90 Å². The van der Waals surface area contributed by atoms with Crippen molar-refractivity contribution in [3.8, 4) is 0 Å². The highest BCUT2D eigenvalue weighted by Gasteiger charge is 2.08. The van der Waals surface area contributed by atoms with Crippen LogP contribution in [0.1, 0.15) is 5.56 Å². The van der Waals surface area contributed by atoms with E-state index in [9.17, 15) is 0 Å². The Bertz CT molecular complexity index is 355. The number of hydrogen-bond donors (Lipinski definition) is 2. The Balaban J connectivity index is 2.94. The van der Waals surface area contributed by atoms with Crippen LogP contribution in [0.4, 0.5) is 5.69 Å². The topological polar surface area (TPSA) is 43.7 Å². The molecule has 0 atom stereocenters. The highest BCUT2D eigenvalue weighted by atomic mass is 79.9. The second kappa shape index (κ2) is 6.68. The van der Waals surface area contributed by atoms with E-state index >= 15 is 0 Å². The van der Waals surface area contributed by atoms with Gasteiger partial charge in [0.25, 0.3) is 0 Å². The van der Waals surface area contributed by atoms with E-state index in [1.807, 2.05) is 23.1 Å². The molecule has 0 saturated heterocycles. The average molecular weight is 286 g/mol. The number of benzene rings is 1. The first kappa shape index (κ1) is 13.2. The van der Waals surface area contributed by atoms with Crippen molar-refractivity contribution in [3.05, 3.63) is 40.9 Å². The summed E-state index contributed by atoms with van der Waals surface area (Å²) in [6.45, 7) is 5.06. The summed E-state index contributed by atoms with van der Waals surface area (Å²) in [5, 5.41) is 18.0. The van der Waals surface area contributed by atoms with Crippen molar-refractivity contribution in [1.29, 1.82) is 0 Å². The number of anilines is 1. The summed E-state index contributed by atoms with van der Waals surface area (Å²) in [7, 11) is 0. The first-order valence-electron chi connectivity index (χ1n) is 5.09. The maximum absolute atomic E-state index is 9.01. The third-order valence-electron chi connectivity index (χ3n) is 2.25. The van der Waals surface area contributed by atoms with Gasteiger partial charge < -0.3 is 15.1 Å². The van der Waals surface area contributed by atoms with Gasteiger partial charge in [-0.25, -0.2) is 0 Å². The van der Waals surface area contributed by atoms with Crippen molar-refractivity contribution < 1.29 is 10.2 Å². The normalized spacial score (nSPS) is 10.2. The van der Waals surface area contributed by atoms with Gasteiger partial charge in [-0.3, -0.25) is 0 Å². The van der Waals surface area contributed by atoms with Crippen LogP contribution in [0.15, 0.2) is 35.3 Å². The molecule has 0 saturated carbocycles. The average Bonchev–Trinajstić information content (AvgIpc) is 2.29. The van der Waals surface area contributed by atoms with Gasteiger partial charge in [0.2, 0.25) is 0 Å². The summed E-state index contributed by atoms with van der Waals surface area (Å²) in [5.74, 6) is 0. The summed E-state index contributed by atoms with van der Waals surface area (Å²) in [6.07, 6.45) is 1.79. The third-order valence-corrected chi connectivity index (χ3v) is 2.89. The number of rotatable bonds is 6. The molecule has 3 nitrogen and oxygen atoms in total. The van der Waals surface area contributed by atoms with Crippen LogP contribution in [-0.4, -0.2) is 29.9 Å². The molecule has 0 bridgehead atoms. The maximum atomic E-state index is 9.01. The number of nitrogens with zero attached hydrogens (tertiary/aromatic N) is 1. The fourth-order valence-electron chi connectivity index (χ4n) is 1.49. The lowest BCUT2D eigenvalue weighted by Crippen LogP contribution is -2.26. The molecule has 0 radical (unpaired) electrons. The molecule has 0 spiro atoms. The molecule has 0 aliphatic heterocycles. The zero-order valence-electron chi connectivity index (χ0n) is 9.06. The van der Waals surface area contributed by atoms with Gasteiger partial charge in [-0.15, -0.1) is 6.58 Å². The molecule has 0 aliphatic carbocycles. The minimum absolute atomic E-state index is 0.0281. The second-order valence-electron chi connectivity index (χ2n) is 3.40. The summed E-state index contributed by atoms with van der Waals surface area (Å²) >= 11 is 3.46. The molecule has 1 rings (SSSR count). The van der Waals surface area contributed by atoms with E-state index in [-0.39, 0.29) is 13.2 Å². The standard InChI is InChI=1S/C12H16BrNO2/c1-2-5-14(6-7-15)12-4-3-10(9-16)8-11(12)13/h2-4,8,15-16H,1,5-7,9H2. The SMILES string of the molecule is C=CCN(CCO)c1ccc(CO)cc1Br. The van der Waals surface area contributed by atoms with Gasteiger partial charge in [-0.2, -0.15) is 0 Å². The van der Waals surface area contributed by atoms with Crippen molar-refractivity contribution >= 4 is 21.6 Å². The molecule has 1 aromatic rings. The van der Waals surface area contributed by atoms with Crippen molar-refractivity contribution in [1.82, 2.24) is 0 Å². The van der Waals surface area contributed by atoms with E-state index in [4.69, 9.17) is 10.2 Å². The smallest absolute Gasteiger partial charge is 0.0682 e. The van der Waals surface area contributed by atoms with Crippen LogP contribution in [0.25, 0.3) is 0 Å². The quantitative estimate of drug-likeness (QED) is 0.785. The molecular weight excluding hydrogens is 270 g/mol. The summed E-state index contributed by atoms with van der Waals surface area (Å²) in [5.41, 5.74) is 1.85. The number of aliphatic hydroxyl groups excluding tert-OH is 2. The van der Waals surface area contributed by atoms with E-state index in [1.54, 1.807) is 6.08 Å². The molecule has 1 aromatic carbocycles. The molecule has 2 N–H and O–H groups in total. The Kier molecular flexibility index (Phi) is 5.52. The highest BCUT2D eigenvalue weighted by molar-refractivity contribution is 9.10. The van der Waals surface area contributed by atoms with Gasteiger partial charge in [0.1, 0.15) is 0 Å². The van der Waals surface area contributed by atoms with Crippen LogP contribution in [0.5, 0.6) is 0 Å². The summed E-state index contributed by atoms with van der Waals surface area (Å²) in [4.78, 5) is 2.01. The molecule has 0 unspecified atom stereocenters. The molecular formula is C12H16BrNO2. The Labute approximate surface area is 104 Å². The van der Waals surface area contributed by atoms with Gasteiger partial charge in [-0.1, -0.05) is 12.1 Å². The molecule has 0 aliphatic rings. The zero-order valence-corrected chi connectivity index (χ0v) is 10.7. The lowest BCUT2D eigenvalue weighted by Gasteiger charge is -2.23. The van der Waals surface area contributed by atoms with Crippen LogP contribution in [0.3, 0.4) is 0 Å². The minimum atomic E-state index is 0.0281. The Morgan fingerprint density at radius 1 is 1.38 bits per heavy atom. The fraction of sp³-hybridized carbons (Fsp3) is 0.333. The van der Waals surface area contributed by atoms with Gasteiger partial charge >= 0.3 is 0 Å². The Morgan fingerprint density at radius 2 is 2.12 bits per heavy atom. The van der Waals surface area contributed by atoms with Crippen LogP contribution >= 0.6 is 15.9 Å². The molecule has 0 amide bonds. The molecule has 16 heavy (non-hydrogen) atoms. The highest BCUT2D eigenvalue weighted by Crippen LogP contribution is 2.27. The third kappa shape index (κ3) is 3.33. The first-order chi connectivity index (χ1) is 7.72. The predicted molar refractivity (Wildman–Crippen MR) is 69.6 cm³/mol. The van der Waals surface area contributed by atoms with Crippen LogP contribution in [-0.2, 0) is 6.61 Å². The van der Waals surface area contributed by atoms with Crippen LogP contribution in [0.2, 0.25) is 0 Å². The van der Waals surface area contributed by atoms with Crippen molar-refractivity contribution in [2.45, 2.75) is 6.61 Å². The van der Waals surface area contributed by atoms with Gasteiger partial charge in [0, 0.05) is 17.6 Å². The van der Waals surface area contributed by atoms with Gasteiger partial charge in [0.05, 0.1) is 18.9 Å². The fourth-order valence-corrected chi connectivity index (χ4v) is 2.17. The molecule has 0 heterocycles. The molecule has 0 aromatic heterocycles. The Hall–Kier alpha value is -0.840. The zero-order chi connectivity index (χ0) is 12.0. The van der Waals surface area contributed by atoms with Crippen molar-refractivity contribution in [2.75, 3.05) is 24.6 Å². The van der Waals surface area contributed by atoms with E-state index in [0.29, 0.717) is 13.1 Å². The van der Waals surface area contributed by atoms with E-state index in [0.717, 1.165) is 15.7 Å². The van der Waals surface area contributed by atoms with E-state index < -0.39 is 0 Å². The lowest BCUT2D eigenvalue weighted by atomic mass is 10.2. The largest absolute Gasteiger partial charge is 0.395 e. The van der Waals surface area contributed by atoms with Crippen molar-refractivity contribution in [2.24, 2.45) is 0 Å². The van der Waals surface area contributed by atoms with Crippen molar-refractivity contribution in [3.63, 3.8) is 0 Å². The lowest BCUT2D eigenvalue weighted by molar-refractivity contribution is 0.281. The monoisotopic (exact) mass is 285 g/mol. The van der Waals surface area contributed by atoms with Gasteiger partial charge in [0.15, 0.2) is 0 Å². The predicted octanol–water partition coefficient (Wildman–Crippen LogP) is 1.93. The number of halogens is 1. The maximum Gasteiger partial charge on any atom is 0.0682 e. The second-order valence-corrected chi connectivity index (χ2v) is 4.26. The summed E-state index contributed by atoms with van der Waals surface area (Å²) < 4.78 is 0.911. The van der Waals surface area contributed by atoms with E-state index in [1.165, 1.54) is 0 Å².